The third kappa shape index (κ3) is 2.59. The lowest BCUT2D eigenvalue weighted by molar-refractivity contribution is 0.290. The van der Waals surface area contributed by atoms with Crippen LogP contribution in [0.4, 0.5) is 0 Å². The van der Waals surface area contributed by atoms with E-state index in [1.165, 1.54) is 22.3 Å². The first kappa shape index (κ1) is 13.6. The highest BCUT2D eigenvalue weighted by atomic mass is 127. The van der Waals surface area contributed by atoms with E-state index in [4.69, 9.17) is 4.74 Å². The standard InChI is InChI=1S/C17H16INO/c1-12-14-8-5-9-15(14)16(10-18)17(19-12)20-11-13-6-3-2-4-7-13/h2-7,9H,8,10-11H2,1H3. The number of rotatable bonds is 4. The van der Waals surface area contributed by atoms with Crippen LogP contribution in [0.3, 0.4) is 0 Å². The molecule has 0 fully saturated rings. The quantitative estimate of drug-likeness (QED) is 0.579. The summed E-state index contributed by atoms with van der Waals surface area (Å²) in [7, 11) is 0. The predicted octanol–water partition coefficient (Wildman–Crippen LogP) is 4.47. The van der Waals surface area contributed by atoms with Crippen LogP contribution < -0.4 is 4.74 Å². The maximum atomic E-state index is 5.97. The fourth-order valence-electron chi connectivity index (χ4n) is 2.51. The molecule has 0 bridgehead atoms. The van der Waals surface area contributed by atoms with E-state index >= 15 is 0 Å². The average Bonchev–Trinajstić information content (AvgIpc) is 2.96. The number of hydrogen-bond donors (Lipinski definition) is 0. The third-order valence-corrected chi connectivity index (χ3v) is 4.34. The largest absolute Gasteiger partial charge is 0.473 e. The number of aryl methyl sites for hydroxylation is 1. The second kappa shape index (κ2) is 5.95. The molecule has 0 amide bonds. The number of fused-ring (bicyclic) bond motifs is 1. The summed E-state index contributed by atoms with van der Waals surface area (Å²) in [5, 5.41) is 0. The number of pyridine rings is 1. The van der Waals surface area contributed by atoms with Crippen LogP contribution in [-0.4, -0.2) is 4.98 Å². The summed E-state index contributed by atoms with van der Waals surface area (Å²) in [6, 6.07) is 10.2. The summed E-state index contributed by atoms with van der Waals surface area (Å²) < 4.78 is 6.89. The van der Waals surface area contributed by atoms with E-state index in [0.717, 1.165) is 22.4 Å². The lowest BCUT2D eigenvalue weighted by Gasteiger charge is -2.14. The number of benzene rings is 1. The van der Waals surface area contributed by atoms with Crippen LogP contribution >= 0.6 is 22.6 Å². The van der Waals surface area contributed by atoms with E-state index in [-0.39, 0.29) is 0 Å². The Labute approximate surface area is 133 Å². The Bertz CT molecular complexity index is 650. The molecule has 1 aliphatic carbocycles. The van der Waals surface area contributed by atoms with Crippen LogP contribution in [0.1, 0.15) is 27.9 Å². The molecule has 1 aliphatic rings. The zero-order valence-electron chi connectivity index (χ0n) is 11.4. The zero-order valence-corrected chi connectivity index (χ0v) is 13.6. The molecule has 1 aromatic carbocycles. The molecule has 102 valence electrons. The number of allylic oxidation sites excluding steroid dienone is 1. The first-order valence-electron chi connectivity index (χ1n) is 6.71. The summed E-state index contributed by atoms with van der Waals surface area (Å²) >= 11 is 2.38. The van der Waals surface area contributed by atoms with Crippen molar-refractivity contribution in [3.8, 4) is 5.88 Å². The Morgan fingerprint density at radius 3 is 2.80 bits per heavy atom. The van der Waals surface area contributed by atoms with Crippen molar-refractivity contribution in [2.75, 3.05) is 0 Å². The van der Waals surface area contributed by atoms with Crippen molar-refractivity contribution in [3.63, 3.8) is 0 Å². The van der Waals surface area contributed by atoms with Crippen molar-refractivity contribution in [1.82, 2.24) is 4.98 Å². The topological polar surface area (TPSA) is 22.1 Å². The molecule has 2 aromatic rings. The Morgan fingerprint density at radius 1 is 1.25 bits per heavy atom. The maximum Gasteiger partial charge on any atom is 0.218 e. The van der Waals surface area contributed by atoms with Crippen molar-refractivity contribution >= 4 is 28.7 Å². The normalized spacial score (nSPS) is 12.5. The van der Waals surface area contributed by atoms with Gasteiger partial charge in [0.05, 0.1) is 0 Å². The smallest absolute Gasteiger partial charge is 0.218 e. The van der Waals surface area contributed by atoms with Gasteiger partial charge >= 0.3 is 0 Å². The molecule has 0 saturated heterocycles. The minimum atomic E-state index is 0.569. The minimum Gasteiger partial charge on any atom is -0.473 e. The van der Waals surface area contributed by atoms with E-state index in [2.05, 4.69) is 58.8 Å². The Hall–Kier alpha value is -1.36. The lowest BCUT2D eigenvalue weighted by Crippen LogP contribution is -2.05. The molecule has 0 unspecified atom stereocenters. The third-order valence-electron chi connectivity index (χ3n) is 3.57. The molecule has 0 spiro atoms. The van der Waals surface area contributed by atoms with Crippen molar-refractivity contribution in [3.05, 3.63) is 64.4 Å². The molecular formula is C17H16INO. The van der Waals surface area contributed by atoms with Crippen LogP contribution in [0.2, 0.25) is 0 Å². The first-order valence-corrected chi connectivity index (χ1v) is 8.23. The number of alkyl halides is 1. The first-order chi connectivity index (χ1) is 9.79. The van der Waals surface area contributed by atoms with Crippen molar-refractivity contribution in [2.45, 2.75) is 24.4 Å². The summed E-state index contributed by atoms with van der Waals surface area (Å²) in [6.07, 6.45) is 5.40. The monoisotopic (exact) mass is 377 g/mol. The molecule has 0 saturated carbocycles. The van der Waals surface area contributed by atoms with Gasteiger partial charge in [0, 0.05) is 15.7 Å². The molecule has 0 aliphatic heterocycles. The lowest BCUT2D eigenvalue weighted by atomic mass is 10.0. The van der Waals surface area contributed by atoms with E-state index in [0.29, 0.717) is 6.61 Å². The van der Waals surface area contributed by atoms with E-state index < -0.39 is 0 Å². The van der Waals surface area contributed by atoms with Gasteiger partial charge in [0.25, 0.3) is 0 Å². The molecule has 3 rings (SSSR count). The van der Waals surface area contributed by atoms with Crippen LogP contribution in [0.15, 0.2) is 36.4 Å². The summed E-state index contributed by atoms with van der Waals surface area (Å²) in [5.41, 5.74) is 6.14. The fraction of sp³-hybridized carbons (Fsp3) is 0.235. The van der Waals surface area contributed by atoms with Gasteiger partial charge in [-0.05, 0) is 30.0 Å². The van der Waals surface area contributed by atoms with Gasteiger partial charge in [0.2, 0.25) is 5.88 Å². The summed E-state index contributed by atoms with van der Waals surface area (Å²) in [5.74, 6) is 0.783. The second-order valence-corrected chi connectivity index (χ2v) is 5.65. The van der Waals surface area contributed by atoms with Gasteiger partial charge in [-0.1, -0.05) is 65.1 Å². The minimum absolute atomic E-state index is 0.569. The molecule has 0 radical (unpaired) electrons. The van der Waals surface area contributed by atoms with Gasteiger partial charge in [-0.2, -0.15) is 0 Å². The molecule has 3 heteroatoms. The fourth-order valence-corrected chi connectivity index (χ4v) is 3.24. The molecule has 0 atom stereocenters. The van der Waals surface area contributed by atoms with Crippen molar-refractivity contribution in [2.24, 2.45) is 0 Å². The van der Waals surface area contributed by atoms with Crippen LogP contribution in [0.5, 0.6) is 5.88 Å². The van der Waals surface area contributed by atoms with Gasteiger partial charge < -0.3 is 4.74 Å². The average molecular weight is 377 g/mol. The Kier molecular flexibility index (Phi) is 4.05. The molecule has 2 nitrogen and oxygen atoms in total. The highest BCUT2D eigenvalue weighted by molar-refractivity contribution is 14.1. The van der Waals surface area contributed by atoms with Gasteiger partial charge in [-0.25, -0.2) is 4.98 Å². The highest BCUT2D eigenvalue weighted by Crippen LogP contribution is 2.33. The number of halogens is 1. The van der Waals surface area contributed by atoms with Crippen molar-refractivity contribution in [1.29, 1.82) is 0 Å². The van der Waals surface area contributed by atoms with Gasteiger partial charge in [-0.15, -0.1) is 0 Å². The summed E-state index contributed by atoms with van der Waals surface area (Å²) in [6.45, 7) is 2.64. The van der Waals surface area contributed by atoms with Gasteiger partial charge in [0.15, 0.2) is 0 Å². The zero-order chi connectivity index (χ0) is 13.9. The SMILES string of the molecule is Cc1nc(OCc2ccccc2)c(CI)c2c1CC=C2. The number of hydrogen-bond acceptors (Lipinski definition) is 2. The molecule has 20 heavy (non-hydrogen) atoms. The molecule has 0 N–H and O–H groups in total. The van der Waals surface area contributed by atoms with Crippen LogP contribution in [0.25, 0.3) is 6.08 Å². The molecule has 1 aromatic heterocycles. The van der Waals surface area contributed by atoms with Crippen molar-refractivity contribution < 1.29 is 4.74 Å². The highest BCUT2D eigenvalue weighted by Gasteiger charge is 2.18. The number of nitrogens with zero attached hydrogens (tertiary/aromatic N) is 1. The maximum absolute atomic E-state index is 5.97. The van der Waals surface area contributed by atoms with Gasteiger partial charge in [0.1, 0.15) is 6.61 Å². The summed E-state index contributed by atoms with van der Waals surface area (Å²) in [4.78, 5) is 4.66. The Balaban J connectivity index is 1.90. The van der Waals surface area contributed by atoms with E-state index in [1.807, 2.05) is 18.2 Å². The van der Waals surface area contributed by atoms with Gasteiger partial charge in [-0.3, -0.25) is 0 Å². The number of aromatic nitrogens is 1. The van der Waals surface area contributed by atoms with Crippen LogP contribution in [0, 0.1) is 6.92 Å². The second-order valence-electron chi connectivity index (χ2n) is 4.89. The number of ether oxygens (including phenoxy) is 1. The van der Waals surface area contributed by atoms with E-state index in [1.54, 1.807) is 0 Å². The molecule has 1 heterocycles. The van der Waals surface area contributed by atoms with Crippen LogP contribution in [-0.2, 0) is 17.5 Å². The molecular weight excluding hydrogens is 361 g/mol. The predicted molar refractivity (Wildman–Crippen MR) is 90.2 cm³/mol. The Morgan fingerprint density at radius 2 is 2.05 bits per heavy atom. The van der Waals surface area contributed by atoms with E-state index in [9.17, 15) is 0 Å².